The summed E-state index contributed by atoms with van der Waals surface area (Å²) in [6.45, 7) is 10.2. The molecular weight excluding hydrogens is 402 g/mol. The molecule has 1 amide bonds. The lowest BCUT2D eigenvalue weighted by Gasteiger charge is -2.10. The van der Waals surface area contributed by atoms with Gasteiger partial charge in [0.2, 0.25) is 5.91 Å². The largest absolute Gasteiger partial charge is 0.462 e. The summed E-state index contributed by atoms with van der Waals surface area (Å²) in [5.74, 6) is -0.485. The molecule has 0 aliphatic heterocycles. The highest BCUT2D eigenvalue weighted by molar-refractivity contribution is 5.89. The Labute approximate surface area is 188 Å². The molecule has 0 spiro atoms. The molecule has 166 valence electrons. The first-order chi connectivity index (χ1) is 15.3. The number of hydrogen-bond donors (Lipinski definition) is 1. The fourth-order valence-electron chi connectivity index (χ4n) is 3.71. The lowest BCUT2D eigenvalue weighted by molar-refractivity contribution is -0.120. The van der Waals surface area contributed by atoms with E-state index < -0.39 is 0 Å². The van der Waals surface area contributed by atoms with Crippen molar-refractivity contribution < 1.29 is 14.3 Å². The van der Waals surface area contributed by atoms with Crippen molar-refractivity contribution in [3.8, 4) is 5.69 Å². The number of benzene rings is 2. The van der Waals surface area contributed by atoms with Crippen molar-refractivity contribution in [2.24, 2.45) is 5.10 Å². The molecule has 1 aromatic heterocycles. The fraction of sp³-hybridized carbons (Fsp3) is 0.269. The lowest BCUT2D eigenvalue weighted by atomic mass is 10.0. The number of aromatic nitrogens is 1. The van der Waals surface area contributed by atoms with Crippen LogP contribution < -0.4 is 5.43 Å². The van der Waals surface area contributed by atoms with E-state index in [1.165, 1.54) is 5.56 Å². The lowest BCUT2D eigenvalue weighted by Crippen LogP contribution is -2.20. The van der Waals surface area contributed by atoms with E-state index in [9.17, 15) is 9.59 Å². The van der Waals surface area contributed by atoms with Crippen molar-refractivity contribution in [1.82, 2.24) is 9.99 Å². The Bertz CT molecular complexity index is 1160. The quantitative estimate of drug-likeness (QED) is 0.338. The summed E-state index contributed by atoms with van der Waals surface area (Å²) in [5.41, 5.74) is 10.3. The van der Waals surface area contributed by atoms with Crippen molar-refractivity contribution in [2.75, 3.05) is 6.61 Å². The number of carbonyl (C=O) groups excluding carboxylic acids is 2. The van der Waals surface area contributed by atoms with Gasteiger partial charge in [0, 0.05) is 22.6 Å². The smallest absolute Gasteiger partial charge is 0.338 e. The normalized spacial score (nSPS) is 11.0. The van der Waals surface area contributed by atoms with Gasteiger partial charge in [0.25, 0.3) is 0 Å². The van der Waals surface area contributed by atoms with Gasteiger partial charge >= 0.3 is 5.97 Å². The third-order valence-electron chi connectivity index (χ3n) is 5.35. The van der Waals surface area contributed by atoms with E-state index in [-0.39, 0.29) is 18.3 Å². The minimum atomic E-state index is -0.329. The van der Waals surface area contributed by atoms with Crippen molar-refractivity contribution in [3.63, 3.8) is 0 Å². The van der Waals surface area contributed by atoms with Gasteiger partial charge < -0.3 is 9.30 Å². The molecule has 1 N–H and O–H groups in total. The van der Waals surface area contributed by atoms with E-state index >= 15 is 0 Å². The van der Waals surface area contributed by atoms with Crippen LogP contribution in [0.25, 0.3) is 5.69 Å². The van der Waals surface area contributed by atoms with E-state index in [2.05, 4.69) is 21.2 Å². The molecular formula is C26H29N3O3. The molecule has 0 aliphatic rings. The molecule has 32 heavy (non-hydrogen) atoms. The van der Waals surface area contributed by atoms with Crippen LogP contribution in [0.2, 0.25) is 0 Å². The summed E-state index contributed by atoms with van der Waals surface area (Å²) in [5, 5.41) is 4.15. The Balaban J connectivity index is 1.69. The van der Waals surface area contributed by atoms with Crippen LogP contribution in [0, 0.1) is 27.7 Å². The summed E-state index contributed by atoms with van der Waals surface area (Å²) in [7, 11) is 0. The first kappa shape index (κ1) is 23.0. The minimum Gasteiger partial charge on any atom is -0.462 e. The molecule has 3 aromatic rings. The zero-order valence-electron chi connectivity index (χ0n) is 19.2. The van der Waals surface area contributed by atoms with E-state index in [0.29, 0.717) is 12.2 Å². The van der Waals surface area contributed by atoms with Gasteiger partial charge in [-0.1, -0.05) is 23.8 Å². The van der Waals surface area contributed by atoms with Gasteiger partial charge in [-0.15, -0.1) is 0 Å². The van der Waals surface area contributed by atoms with Gasteiger partial charge in [-0.2, -0.15) is 5.10 Å². The molecule has 2 aromatic carbocycles. The summed E-state index contributed by atoms with van der Waals surface area (Å²) < 4.78 is 7.12. The van der Waals surface area contributed by atoms with Crippen molar-refractivity contribution >= 4 is 18.1 Å². The minimum absolute atomic E-state index is 0.156. The molecule has 1 heterocycles. The predicted octanol–water partition coefficient (Wildman–Crippen LogP) is 4.58. The third-order valence-corrected chi connectivity index (χ3v) is 5.35. The molecule has 3 rings (SSSR count). The molecule has 0 fully saturated rings. The van der Waals surface area contributed by atoms with Crippen LogP contribution in [0.15, 0.2) is 53.6 Å². The SMILES string of the molecule is CCOC(=O)c1ccc(-n2c(C)cc(/C=N/NC(=O)Cc3ccc(C)cc3C)c2C)cc1. The summed E-state index contributed by atoms with van der Waals surface area (Å²) in [4.78, 5) is 24.2. The van der Waals surface area contributed by atoms with Crippen molar-refractivity contribution in [3.05, 3.63) is 87.7 Å². The monoisotopic (exact) mass is 431 g/mol. The molecule has 0 radical (unpaired) electrons. The Hall–Kier alpha value is -3.67. The molecule has 6 nitrogen and oxygen atoms in total. The van der Waals surface area contributed by atoms with Gasteiger partial charge in [-0.3, -0.25) is 4.79 Å². The second-order valence-corrected chi connectivity index (χ2v) is 7.83. The topological polar surface area (TPSA) is 72.7 Å². The first-order valence-corrected chi connectivity index (χ1v) is 10.6. The van der Waals surface area contributed by atoms with Crippen molar-refractivity contribution in [1.29, 1.82) is 0 Å². The zero-order chi connectivity index (χ0) is 23.3. The number of rotatable bonds is 7. The average molecular weight is 432 g/mol. The molecule has 0 aliphatic carbocycles. The number of nitrogens with one attached hydrogen (secondary N) is 1. The van der Waals surface area contributed by atoms with Crippen LogP contribution in [0.5, 0.6) is 0 Å². The van der Waals surface area contributed by atoms with Gasteiger partial charge in [0.05, 0.1) is 24.8 Å². The van der Waals surface area contributed by atoms with Crippen LogP contribution in [0.1, 0.15) is 50.9 Å². The number of ether oxygens (including phenoxy) is 1. The van der Waals surface area contributed by atoms with Gasteiger partial charge in [0.15, 0.2) is 0 Å². The molecule has 0 atom stereocenters. The number of nitrogens with zero attached hydrogens (tertiary/aromatic N) is 2. The average Bonchev–Trinajstić information content (AvgIpc) is 3.03. The van der Waals surface area contributed by atoms with Gasteiger partial charge in [0.1, 0.15) is 0 Å². The molecule has 0 saturated heterocycles. The number of esters is 1. The maximum absolute atomic E-state index is 12.3. The van der Waals surface area contributed by atoms with Crippen LogP contribution in [-0.4, -0.2) is 29.3 Å². The highest BCUT2D eigenvalue weighted by Crippen LogP contribution is 2.20. The second-order valence-electron chi connectivity index (χ2n) is 7.83. The number of hydrazone groups is 1. The second kappa shape index (κ2) is 10.1. The van der Waals surface area contributed by atoms with E-state index in [0.717, 1.165) is 33.8 Å². The molecule has 0 saturated carbocycles. The maximum Gasteiger partial charge on any atom is 0.338 e. The molecule has 6 heteroatoms. The van der Waals surface area contributed by atoms with Gasteiger partial charge in [-0.25, -0.2) is 10.2 Å². The fourth-order valence-corrected chi connectivity index (χ4v) is 3.71. The third kappa shape index (κ3) is 5.32. The summed E-state index contributed by atoms with van der Waals surface area (Å²) in [6, 6.07) is 15.4. The van der Waals surface area contributed by atoms with E-state index in [1.54, 1.807) is 25.3 Å². The van der Waals surface area contributed by atoms with E-state index in [1.807, 2.05) is 58.0 Å². The highest BCUT2D eigenvalue weighted by atomic mass is 16.5. The number of aryl methyl sites for hydroxylation is 3. The summed E-state index contributed by atoms with van der Waals surface area (Å²) >= 11 is 0. The number of amides is 1. The number of hydrogen-bond acceptors (Lipinski definition) is 4. The zero-order valence-corrected chi connectivity index (χ0v) is 19.2. The maximum atomic E-state index is 12.3. The van der Waals surface area contributed by atoms with Crippen LogP contribution in [0.4, 0.5) is 0 Å². The van der Waals surface area contributed by atoms with Crippen LogP contribution >= 0.6 is 0 Å². The first-order valence-electron chi connectivity index (χ1n) is 10.6. The molecule has 0 unspecified atom stereocenters. The molecule has 0 bridgehead atoms. The van der Waals surface area contributed by atoms with Crippen molar-refractivity contribution in [2.45, 2.75) is 41.0 Å². The Kier molecular flexibility index (Phi) is 7.25. The standard InChI is InChI=1S/C26H29N3O3/c1-6-32-26(31)21-9-11-24(12-10-21)29-19(4)14-23(20(29)5)16-27-28-25(30)15-22-8-7-17(2)13-18(22)3/h7-14,16H,6,15H2,1-5H3,(H,28,30)/b27-16+. The Morgan fingerprint density at radius 2 is 1.75 bits per heavy atom. The van der Waals surface area contributed by atoms with Crippen LogP contribution in [0.3, 0.4) is 0 Å². The Morgan fingerprint density at radius 3 is 2.41 bits per heavy atom. The predicted molar refractivity (Wildman–Crippen MR) is 127 cm³/mol. The van der Waals surface area contributed by atoms with Crippen LogP contribution in [-0.2, 0) is 16.0 Å². The summed E-state index contributed by atoms with van der Waals surface area (Å²) in [6.07, 6.45) is 1.95. The number of carbonyl (C=O) groups is 2. The van der Waals surface area contributed by atoms with E-state index in [4.69, 9.17) is 4.74 Å². The van der Waals surface area contributed by atoms with Gasteiger partial charge in [-0.05, 0) is 76.1 Å². The Morgan fingerprint density at radius 1 is 1.03 bits per heavy atom. The highest BCUT2D eigenvalue weighted by Gasteiger charge is 2.12.